The van der Waals surface area contributed by atoms with Gasteiger partial charge in [0.25, 0.3) is 20.2 Å². The van der Waals surface area contributed by atoms with Crippen LogP contribution >= 0.6 is 0 Å². The minimum Gasteiger partial charge on any atom is -0.505 e. The number of ether oxygens (including phenoxy) is 4. The Morgan fingerprint density at radius 2 is 0.973 bits per heavy atom. The van der Waals surface area contributed by atoms with Gasteiger partial charge in [0, 0.05) is 39.2 Å². The Balaban J connectivity index is 1.13. The monoisotopic (exact) mass is 1060 g/mol. The Hall–Kier alpha value is -9.56. The molecule has 25 heteroatoms. The SMILES string of the molecule is COc1ccc(Nc2ccc3c(O)c(N=Nc4ccc(-c5ccc(N=Nc6c(S(=O)(=O)O)cc7cc(Nc8ccc(OC)cc8)cc(N)c7c6O)c(OCC(=O)O)c5)cc4OCC(=O)O)c(S(=O)(=O)O)cc3c2)cc1. The van der Waals surface area contributed by atoms with E-state index >= 15 is 0 Å². The number of carbonyl (C=O) groups is 2. The van der Waals surface area contributed by atoms with Gasteiger partial charge in [-0.25, -0.2) is 9.59 Å². The van der Waals surface area contributed by atoms with Gasteiger partial charge in [-0.1, -0.05) is 12.1 Å². The first-order valence-electron chi connectivity index (χ1n) is 21.7. The van der Waals surface area contributed by atoms with Crippen LogP contribution in [0.15, 0.2) is 158 Å². The van der Waals surface area contributed by atoms with Crippen LogP contribution in [0.2, 0.25) is 0 Å². The number of azo groups is 2. The normalized spacial score (nSPS) is 11.8. The molecule has 0 aromatic heterocycles. The molecule has 0 spiro atoms. The molecule has 0 atom stereocenters. The molecule has 8 aromatic carbocycles. The Morgan fingerprint density at radius 1 is 0.533 bits per heavy atom. The number of rotatable bonds is 19. The van der Waals surface area contributed by atoms with Crippen LogP contribution in [-0.4, -0.2) is 85.7 Å². The smallest absolute Gasteiger partial charge is 0.341 e. The Morgan fingerprint density at radius 3 is 1.44 bits per heavy atom. The van der Waals surface area contributed by atoms with Crippen LogP contribution in [0.4, 0.5) is 51.2 Å². The van der Waals surface area contributed by atoms with Crippen molar-refractivity contribution < 1.29 is 74.9 Å². The average molecular weight is 1060 g/mol. The maximum Gasteiger partial charge on any atom is 0.341 e. The first-order chi connectivity index (χ1) is 35.7. The van der Waals surface area contributed by atoms with Gasteiger partial charge in [-0.15, -0.1) is 20.5 Å². The number of carboxylic acid groups (broad SMARTS) is 2. The van der Waals surface area contributed by atoms with Crippen molar-refractivity contribution >= 4 is 105 Å². The first kappa shape index (κ1) is 51.8. The van der Waals surface area contributed by atoms with E-state index in [4.69, 9.17) is 24.7 Å². The zero-order valence-electron chi connectivity index (χ0n) is 39.0. The van der Waals surface area contributed by atoms with Gasteiger partial charge in [0.05, 0.1) is 14.2 Å². The summed E-state index contributed by atoms with van der Waals surface area (Å²) in [5.74, 6) is -3.49. The summed E-state index contributed by atoms with van der Waals surface area (Å²) in [6.07, 6.45) is 0. The van der Waals surface area contributed by atoms with Crippen LogP contribution < -0.4 is 35.3 Å². The molecule has 75 heavy (non-hydrogen) atoms. The van der Waals surface area contributed by atoms with Gasteiger partial charge in [-0.2, -0.15) is 16.8 Å². The van der Waals surface area contributed by atoms with Gasteiger partial charge in [0.1, 0.15) is 55.5 Å². The molecule has 8 aromatic rings. The van der Waals surface area contributed by atoms with Crippen molar-refractivity contribution in [2.75, 3.05) is 43.8 Å². The molecular weight excluding hydrogens is 1020 g/mol. The highest BCUT2D eigenvalue weighted by atomic mass is 32.2. The first-order valence-corrected chi connectivity index (χ1v) is 24.5. The summed E-state index contributed by atoms with van der Waals surface area (Å²) in [6.45, 7) is -1.81. The van der Waals surface area contributed by atoms with Gasteiger partial charge < -0.3 is 55.7 Å². The second kappa shape index (κ2) is 21.3. The largest absolute Gasteiger partial charge is 0.505 e. The van der Waals surface area contributed by atoms with Crippen molar-refractivity contribution in [2.24, 2.45) is 20.5 Å². The van der Waals surface area contributed by atoms with Crippen molar-refractivity contribution in [3.63, 3.8) is 0 Å². The van der Waals surface area contributed by atoms with Crippen LogP contribution in [0, 0.1) is 0 Å². The second-order valence-electron chi connectivity index (χ2n) is 16.0. The number of carboxylic acids is 2. The molecule has 10 N–H and O–H groups in total. The molecule has 0 aliphatic heterocycles. The quantitative estimate of drug-likeness (QED) is 0.0206. The highest BCUT2D eigenvalue weighted by molar-refractivity contribution is 7.86. The molecule has 0 aliphatic rings. The molecule has 0 amide bonds. The number of nitrogens with one attached hydrogen (secondary N) is 2. The van der Waals surface area contributed by atoms with Crippen molar-refractivity contribution in [3.8, 4) is 45.6 Å². The van der Waals surface area contributed by atoms with Gasteiger partial charge in [0.2, 0.25) is 0 Å². The summed E-state index contributed by atoms with van der Waals surface area (Å²) >= 11 is 0. The van der Waals surface area contributed by atoms with E-state index in [1.54, 1.807) is 54.6 Å². The predicted molar refractivity (Wildman–Crippen MR) is 274 cm³/mol. The number of aliphatic carboxylic acids is 2. The molecule has 0 saturated heterocycles. The van der Waals surface area contributed by atoms with E-state index < -0.39 is 78.1 Å². The summed E-state index contributed by atoms with van der Waals surface area (Å²) in [6, 6.07) is 31.6. The lowest BCUT2D eigenvalue weighted by molar-refractivity contribution is -0.140. The number of nitrogens with zero attached hydrogens (tertiary/aromatic N) is 4. The van der Waals surface area contributed by atoms with Crippen LogP contribution in [0.5, 0.6) is 34.5 Å². The van der Waals surface area contributed by atoms with Crippen LogP contribution in [0.3, 0.4) is 0 Å². The lowest BCUT2D eigenvalue weighted by Crippen LogP contribution is -2.09. The summed E-state index contributed by atoms with van der Waals surface area (Å²) < 4.78 is 92.9. The van der Waals surface area contributed by atoms with Gasteiger partial charge in [-0.05, 0) is 137 Å². The number of nitrogens with two attached hydrogens (primary N) is 1. The Kier molecular flexibility index (Phi) is 14.7. The molecule has 384 valence electrons. The third kappa shape index (κ3) is 11.9. The molecule has 23 nitrogen and oxygen atoms in total. The van der Waals surface area contributed by atoms with Gasteiger partial charge in [-0.3, -0.25) is 9.11 Å². The fourth-order valence-corrected chi connectivity index (χ4v) is 8.88. The Bertz CT molecular complexity index is 3860. The number of hydrogen-bond donors (Lipinski definition) is 9. The molecule has 0 heterocycles. The minimum absolute atomic E-state index is 0.0167. The number of phenols is 2. The summed E-state index contributed by atoms with van der Waals surface area (Å²) in [7, 11) is -7.12. The van der Waals surface area contributed by atoms with Gasteiger partial charge in [0.15, 0.2) is 24.7 Å². The third-order valence-corrected chi connectivity index (χ3v) is 12.7. The maximum atomic E-state index is 12.8. The molecule has 0 saturated carbocycles. The zero-order chi connectivity index (χ0) is 53.8. The van der Waals surface area contributed by atoms with Crippen molar-refractivity contribution in [3.05, 3.63) is 127 Å². The van der Waals surface area contributed by atoms with Crippen LogP contribution in [0.1, 0.15) is 0 Å². The number of methoxy groups -OCH3 is 2. The number of aromatic hydroxyl groups is 2. The minimum atomic E-state index is -5.10. The topological polar surface area (TPSA) is 360 Å². The van der Waals surface area contributed by atoms with Gasteiger partial charge >= 0.3 is 11.9 Å². The van der Waals surface area contributed by atoms with E-state index in [0.29, 0.717) is 34.2 Å². The molecule has 0 bridgehead atoms. The van der Waals surface area contributed by atoms with E-state index in [0.717, 1.165) is 12.1 Å². The molecular formula is C50H41N7O16S2. The fourth-order valence-electron chi connectivity index (χ4n) is 7.56. The van der Waals surface area contributed by atoms with E-state index in [9.17, 15) is 56.0 Å². The van der Waals surface area contributed by atoms with Crippen molar-refractivity contribution in [2.45, 2.75) is 9.79 Å². The number of anilines is 5. The second-order valence-corrected chi connectivity index (χ2v) is 18.8. The van der Waals surface area contributed by atoms with Crippen molar-refractivity contribution in [1.82, 2.24) is 0 Å². The predicted octanol–water partition coefficient (Wildman–Crippen LogP) is 10.4. The number of fused-ring (bicyclic) bond motifs is 2. The van der Waals surface area contributed by atoms with Crippen molar-refractivity contribution in [1.29, 1.82) is 0 Å². The molecule has 8 rings (SSSR count). The molecule has 0 unspecified atom stereocenters. The summed E-state index contributed by atoms with van der Waals surface area (Å²) in [4.78, 5) is 21.7. The van der Waals surface area contributed by atoms with E-state index in [2.05, 4.69) is 31.1 Å². The van der Waals surface area contributed by atoms with E-state index in [-0.39, 0.29) is 61.2 Å². The molecule has 0 aliphatic carbocycles. The molecule has 0 fully saturated rings. The van der Waals surface area contributed by atoms with E-state index in [1.165, 1.54) is 74.9 Å². The highest BCUT2D eigenvalue weighted by Gasteiger charge is 2.25. The number of benzene rings is 8. The lowest BCUT2D eigenvalue weighted by Gasteiger charge is -2.14. The standard InChI is InChI=1S/C50H41N7O16S2/c1-70-34-10-5-30(6-11-34)52-32-9-14-36-28(17-32)21-42(74(64,65)66)47(49(36)62)56-54-38-15-3-26(19-40(38)72-24-44(58)59)27-4-16-39(41(20-27)73-25-45(60)61)55-57-48-43(75(67,68)69)22-29-18-33(23-37(51)46(29)50(48)63)53-31-7-12-35(71-2)13-8-31/h3-23,52-53,62-63H,24-25,51H2,1-2H3,(H,58,59)(H,60,61)(H,64,65,66)(H,67,68,69). The average Bonchev–Trinajstić information content (AvgIpc) is 3.36. The number of nitrogen functional groups attached to an aromatic ring is 1. The summed E-state index contributed by atoms with van der Waals surface area (Å²) in [5.41, 5.74) is 7.28. The van der Waals surface area contributed by atoms with Crippen LogP contribution in [-0.2, 0) is 29.8 Å². The third-order valence-electron chi connectivity index (χ3n) is 11.0. The van der Waals surface area contributed by atoms with E-state index in [1.807, 2.05) is 0 Å². The number of hydrogen-bond acceptors (Lipinski definition) is 19. The maximum absolute atomic E-state index is 12.8. The lowest BCUT2D eigenvalue weighted by atomic mass is 10.0. The molecule has 0 radical (unpaired) electrons. The van der Waals surface area contributed by atoms with Crippen LogP contribution in [0.25, 0.3) is 32.7 Å². The Labute approximate surface area is 425 Å². The zero-order valence-corrected chi connectivity index (χ0v) is 40.6. The summed E-state index contributed by atoms with van der Waals surface area (Å²) in [5, 5.41) is 64.5. The highest BCUT2D eigenvalue weighted by Crippen LogP contribution is 2.47. The fraction of sp³-hybridized carbons (Fsp3) is 0.0800. The number of phenolic OH excluding ortho intramolecular Hbond substituents is 2.